The molecular weight excluding hydrogens is 346 g/mol. The number of pyridine rings is 1. The van der Waals surface area contributed by atoms with Crippen molar-refractivity contribution in [2.75, 3.05) is 0 Å². The third-order valence-electron chi connectivity index (χ3n) is 4.01. The third-order valence-corrected chi connectivity index (χ3v) is 5.08. The molecule has 1 N–H and O–H groups in total. The van der Waals surface area contributed by atoms with E-state index in [1.165, 1.54) is 15.9 Å². The van der Waals surface area contributed by atoms with Crippen LogP contribution in [0.5, 0.6) is 0 Å². The smallest absolute Gasteiger partial charge is 0.260 e. The number of nitrogens with one attached hydrogen (secondary N) is 1. The maximum Gasteiger partial charge on any atom is 0.260 e. The molecule has 0 aliphatic rings. The number of rotatable bonds is 4. The number of amides is 1. The molecule has 4 nitrogen and oxygen atoms in total. The predicted molar refractivity (Wildman–Crippen MR) is 94.0 cm³/mol. The maximum atomic E-state index is 13.7. The van der Waals surface area contributed by atoms with Crippen molar-refractivity contribution in [3.8, 4) is 0 Å². The van der Waals surface area contributed by atoms with Crippen LogP contribution in [0.2, 0.25) is 0 Å². The van der Waals surface area contributed by atoms with E-state index < -0.39 is 17.5 Å². The molecule has 0 atom stereocenters. The Bertz CT molecular complexity index is 1020. The van der Waals surface area contributed by atoms with Gasteiger partial charge in [-0.3, -0.25) is 9.59 Å². The minimum atomic E-state index is -0.595. The molecule has 3 aromatic rings. The second kappa shape index (κ2) is 6.76. The van der Waals surface area contributed by atoms with Crippen LogP contribution in [0.15, 0.2) is 35.3 Å². The first-order valence-electron chi connectivity index (χ1n) is 7.77. The Hall–Kier alpha value is -2.54. The van der Waals surface area contributed by atoms with Crippen molar-refractivity contribution in [1.82, 2.24) is 9.88 Å². The monoisotopic (exact) mass is 362 g/mol. The first kappa shape index (κ1) is 17.3. The highest BCUT2D eigenvalue weighted by atomic mass is 32.1. The quantitative estimate of drug-likeness (QED) is 0.771. The van der Waals surface area contributed by atoms with Crippen molar-refractivity contribution in [3.63, 3.8) is 0 Å². The van der Waals surface area contributed by atoms with E-state index in [1.54, 1.807) is 19.2 Å². The molecule has 1 amide bonds. The molecule has 7 heteroatoms. The summed E-state index contributed by atoms with van der Waals surface area (Å²) in [4.78, 5) is 25.9. The normalized spacial score (nSPS) is 11.0. The maximum absolute atomic E-state index is 13.7. The summed E-state index contributed by atoms with van der Waals surface area (Å²) < 4.78 is 29.2. The molecule has 0 aliphatic carbocycles. The van der Waals surface area contributed by atoms with E-state index in [2.05, 4.69) is 5.32 Å². The highest BCUT2D eigenvalue weighted by molar-refractivity contribution is 7.19. The topological polar surface area (TPSA) is 51.1 Å². The van der Waals surface area contributed by atoms with Crippen molar-refractivity contribution in [3.05, 3.63) is 68.5 Å². The van der Waals surface area contributed by atoms with E-state index >= 15 is 0 Å². The number of fused-ring (bicyclic) bond motifs is 1. The fourth-order valence-corrected chi connectivity index (χ4v) is 3.78. The van der Waals surface area contributed by atoms with Crippen LogP contribution in [-0.4, -0.2) is 10.5 Å². The van der Waals surface area contributed by atoms with Gasteiger partial charge in [0.05, 0.1) is 10.9 Å². The van der Waals surface area contributed by atoms with Gasteiger partial charge in [-0.05, 0) is 38.1 Å². The van der Waals surface area contributed by atoms with Gasteiger partial charge in [0.25, 0.3) is 11.5 Å². The van der Waals surface area contributed by atoms with Gasteiger partial charge in [0, 0.05) is 34.4 Å². The summed E-state index contributed by atoms with van der Waals surface area (Å²) >= 11 is 1.36. The average Bonchev–Trinajstić information content (AvgIpc) is 2.92. The summed E-state index contributed by atoms with van der Waals surface area (Å²) in [6.07, 6.45) is 1.70. The lowest BCUT2D eigenvalue weighted by molar-refractivity contribution is 0.0952. The first-order chi connectivity index (χ1) is 11.9. The van der Waals surface area contributed by atoms with Crippen LogP contribution in [0.4, 0.5) is 8.78 Å². The van der Waals surface area contributed by atoms with Crippen molar-refractivity contribution in [2.24, 2.45) is 0 Å². The van der Waals surface area contributed by atoms with Gasteiger partial charge in [0.1, 0.15) is 11.6 Å². The fraction of sp³-hybridized carbons (Fsp3) is 0.222. The lowest BCUT2D eigenvalue weighted by atomic mass is 10.1. The number of carbonyl (C=O) groups excluding carboxylic acids is 1. The number of aryl methyl sites for hydroxylation is 2. The van der Waals surface area contributed by atoms with Crippen LogP contribution in [0.3, 0.4) is 0 Å². The third kappa shape index (κ3) is 3.19. The van der Waals surface area contributed by atoms with Crippen LogP contribution in [-0.2, 0) is 13.1 Å². The number of hydrogen-bond donors (Lipinski definition) is 1. The molecule has 0 saturated heterocycles. The summed E-state index contributed by atoms with van der Waals surface area (Å²) in [5.41, 5.74) is 0.118. The number of aromatic nitrogens is 1. The molecule has 0 bridgehead atoms. The molecule has 2 aromatic heterocycles. The highest BCUT2D eigenvalue weighted by Crippen LogP contribution is 2.28. The Morgan fingerprint density at radius 1 is 1.28 bits per heavy atom. The molecule has 25 heavy (non-hydrogen) atoms. The summed E-state index contributed by atoms with van der Waals surface area (Å²) in [5.74, 6) is -1.64. The number of thiophene rings is 1. The lowest BCUT2D eigenvalue weighted by Crippen LogP contribution is -2.26. The van der Waals surface area contributed by atoms with Crippen molar-refractivity contribution in [2.45, 2.75) is 26.9 Å². The molecule has 0 fully saturated rings. The van der Waals surface area contributed by atoms with Gasteiger partial charge in [-0.1, -0.05) is 0 Å². The van der Waals surface area contributed by atoms with Gasteiger partial charge in [0.15, 0.2) is 0 Å². The highest BCUT2D eigenvalue weighted by Gasteiger charge is 2.20. The molecule has 0 aliphatic heterocycles. The van der Waals surface area contributed by atoms with Gasteiger partial charge in [0.2, 0.25) is 0 Å². The lowest BCUT2D eigenvalue weighted by Gasteiger charge is -2.07. The molecule has 3 rings (SSSR count). The summed E-state index contributed by atoms with van der Waals surface area (Å²) in [7, 11) is 0. The van der Waals surface area contributed by atoms with E-state index in [-0.39, 0.29) is 17.7 Å². The summed E-state index contributed by atoms with van der Waals surface area (Å²) in [5, 5.41) is 2.94. The second-order valence-corrected chi connectivity index (χ2v) is 6.85. The zero-order valence-corrected chi connectivity index (χ0v) is 14.5. The molecule has 2 heterocycles. The zero-order valence-electron chi connectivity index (χ0n) is 13.7. The minimum Gasteiger partial charge on any atom is -0.348 e. The second-order valence-electron chi connectivity index (χ2n) is 5.60. The van der Waals surface area contributed by atoms with E-state index in [1.807, 2.05) is 6.92 Å². The molecule has 0 radical (unpaired) electrons. The Morgan fingerprint density at radius 3 is 2.76 bits per heavy atom. The van der Waals surface area contributed by atoms with Gasteiger partial charge >= 0.3 is 0 Å². The fourth-order valence-electron chi connectivity index (χ4n) is 2.73. The van der Waals surface area contributed by atoms with Crippen molar-refractivity contribution >= 4 is 27.3 Å². The Kier molecular flexibility index (Phi) is 4.67. The van der Waals surface area contributed by atoms with E-state index in [0.29, 0.717) is 22.4 Å². The molecule has 0 spiro atoms. The summed E-state index contributed by atoms with van der Waals surface area (Å²) in [6, 6.07) is 4.88. The van der Waals surface area contributed by atoms with Gasteiger partial charge in [-0.2, -0.15) is 0 Å². The summed E-state index contributed by atoms with van der Waals surface area (Å²) in [6.45, 7) is 3.95. The number of hydrogen-bond acceptors (Lipinski definition) is 3. The number of halogens is 2. The van der Waals surface area contributed by atoms with Crippen LogP contribution in [0.1, 0.15) is 27.7 Å². The number of nitrogens with zero attached hydrogens (tertiary/aromatic N) is 1. The predicted octanol–water partition coefficient (Wildman–Crippen LogP) is 3.60. The van der Waals surface area contributed by atoms with Crippen LogP contribution >= 0.6 is 11.3 Å². The standard InChI is InChI=1S/C18H16F2N2O2S/c1-3-22-7-6-14-16(18(22)24)15(10(2)25-14)17(23)21-9-11-8-12(19)4-5-13(11)20/h4-8H,3,9H2,1-2H3,(H,21,23). The van der Waals surface area contributed by atoms with E-state index in [4.69, 9.17) is 0 Å². The molecule has 130 valence electrons. The van der Waals surface area contributed by atoms with Crippen LogP contribution in [0, 0.1) is 18.6 Å². The Morgan fingerprint density at radius 2 is 2.04 bits per heavy atom. The molecule has 0 unspecified atom stereocenters. The van der Waals surface area contributed by atoms with Gasteiger partial charge in [-0.25, -0.2) is 8.78 Å². The first-order valence-corrected chi connectivity index (χ1v) is 8.58. The van der Waals surface area contributed by atoms with Crippen LogP contribution < -0.4 is 10.9 Å². The van der Waals surface area contributed by atoms with Gasteiger partial charge in [-0.15, -0.1) is 11.3 Å². The van der Waals surface area contributed by atoms with Gasteiger partial charge < -0.3 is 9.88 Å². The average molecular weight is 362 g/mol. The van der Waals surface area contributed by atoms with Crippen LogP contribution in [0.25, 0.3) is 10.1 Å². The Balaban J connectivity index is 1.96. The molecule has 0 saturated carbocycles. The SMILES string of the molecule is CCn1ccc2sc(C)c(C(=O)NCc3cc(F)ccc3F)c2c1=O. The zero-order chi connectivity index (χ0) is 18.1. The van der Waals surface area contributed by atoms with E-state index in [0.717, 1.165) is 22.9 Å². The Labute approximate surface area is 146 Å². The molecule has 1 aromatic carbocycles. The largest absolute Gasteiger partial charge is 0.348 e. The number of benzene rings is 1. The van der Waals surface area contributed by atoms with Crippen molar-refractivity contribution in [1.29, 1.82) is 0 Å². The number of carbonyl (C=O) groups is 1. The minimum absolute atomic E-state index is 0.0523. The molecular formula is C18H16F2N2O2S. The van der Waals surface area contributed by atoms with E-state index in [9.17, 15) is 18.4 Å². The van der Waals surface area contributed by atoms with Crippen molar-refractivity contribution < 1.29 is 13.6 Å².